The number of sulfonamides is 1. The molecule has 1 atom stereocenters. The van der Waals surface area contributed by atoms with Gasteiger partial charge in [0.05, 0.1) is 20.1 Å². The molecule has 2 aromatic rings. The third-order valence-electron chi connectivity index (χ3n) is 2.71. The number of thiazole rings is 1. The molecular weight excluding hydrogens is 284 g/mol. The molecule has 0 aliphatic rings. The number of benzene rings is 1. The zero-order chi connectivity index (χ0) is 14.0. The second-order valence-electron chi connectivity index (χ2n) is 4.50. The number of nitrogens with zero attached hydrogens (tertiary/aromatic N) is 1. The van der Waals surface area contributed by atoms with Crippen LogP contribution >= 0.6 is 11.3 Å². The molecule has 1 heterocycles. The number of rotatable bonds is 5. The van der Waals surface area contributed by atoms with Crippen LogP contribution in [0.1, 0.15) is 11.9 Å². The van der Waals surface area contributed by atoms with Crippen molar-refractivity contribution in [1.82, 2.24) is 9.71 Å². The van der Waals surface area contributed by atoms with Gasteiger partial charge in [0.2, 0.25) is 10.0 Å². The molecule has 0 bridgehead atoms. The van der Waals surface area contributed by atoms with Crippen molar-refractivity contribution in [3.8, 4) is 0 Å². The standard InChI is InChI=1S/C12H16N2O3S2/c1-8(7-15)6-13-19(16,17)10-3-4-11-12(5-10)18-9(2)14-11/h3-5,8,13,15H,6-7H2,1-2H3/t8-/m0/s1. The van der Waals surface area contributed by atoms with Crippen molar-refractivity contribution in [2.75, 3.05) is 13.2 Å². The highest BCUT2D eigenvalue weighted by atomic mass is 32.2. The first kappa shape index (κ1) is 14.4. The fraction of sp³-hybridized carbons (Fsp3) is 0.417. The largest absolute Gasteiger partial charge is 0.396 e. The van der Waals surface area contributed by atoms with Gasteiger partial charge in [-0.1, -0.05) is 6.92 Å². The minimum atomic E-state index is -3.53. The highest BCUT2D eigenvalue weighted by Gasteiger charge is 2.16. The first-order valence-corrected chi connectivity index (χ1v) is 8.20. The first-order valence-electron chi connectivity index (χ1n) is 5.90. The monoisotopic (exact) mass is 300 g/mol. The van der Waals surface area contributed by atoms with E-state index in [0.29, 0.717) is 0 Å². The van der Waals surface area contributed by atoms with Gasteiger partial charge in [-0.05, 0) is 31.0 Å². The van der Waals surface area contributed by atoms with Crippen molar-refractivity contribution in [2.24, 2.45) is 5.92 Å². The maximum absolute atomic E-state index is 12.1. The van der Waals surface area contributed by atoms with E-state index in [1.165, 1.54) is 11.3 Å². The molecule has 2 rings (SSSR count). The summed E-state index contributed by atoms with van der Waals surface area (Å²) in [5.41, 5.74) is 0.810. The average Bonchev–Trinajstić information content (AvgIpc) is 2.74. The second kappa shape index (κ2) is 5.54. The minimum absolute atomic E-state index is 0.0460. The maximum Gasteiger partial charge on any atom is 0.240 e. The van der Waals surface area contributed by atoms with Crippen molar-refractivity contribution >= 4 is 31.6 Å². The number of aliphatic hydroxyl groups excluding tert-OH is 1. The topological polar surface area (TPSA) is 79.3 Å². The van der Waals surface area contributed by atoms with Crippen molar-refractivity contribution < 1.29 is 13.5 Å². The van der Waals surface area contributed by atoms with Crippen LogP contribution in [0.15, 0.2) is 23.1 Å². The lowest BCUT2D eigenvalue weighted by Gasteiger charge is -2.10. The van der Waals surface area contributed by atoms with Crippen molar-refractivity contribution in [3.63, 3.8) is 0 Å². The maximum atomic E-state index is 12.1. The first-order chi connectivity index (χ1) is 8.92. The highest BCUT2D eigenvalue weighted by molar-refractivity contribution is 7.89. The zero-order valence-corrected chi connectivity index (χ0v) is 12.4. The molecule has 0 aliphatic heterocycles. The Kier molecular flexibility index (Phi) is 4.19. The molecule has 0 unspecified atom stereocenters. The number of fused-ring (bicyclic) bond motifs is 1. The minimum Gasteiger partial charge on any atom is -0.396 e. The van der Waals surface area contributed by atoms with Crippen LogP contribution in [-0.2, 0) is 10.0 Å². The van der Waals surface area contributed by atoms with Crippen LogP contribution in [0.2, 0.25) is 0 Å². The van der Waals surface area contributed by atoms with E-state index in [1.807, 2.05) is 6.92 Å². The van der Waals surface area contributed by atoms with Gasteiger partial charge in [0, 0.05) is 13.2 Å². The number of aliphatic hydroxyl groups is 1. The van der Waals surface area contributed by atoms with Gasteiger partial charge >= 0.3 is 0 Å². The molecule has 5 nitrogen and oxygen atoms in total. The Bertz CT molecular complexity index is 679. The van der Waals surface area contributed by atoms with E-state index in [1.54, 1.807) is 25.1 Å². The predicted molar refractivity (Wildman–Crippen MR) is 75.8 cm³/mol. The van der Waals surface area contributed by atoms with Crippen LogP contribution in [0.5, 0.6) is 0 Å². The van der Waals surface area contributed by atoms with Crippen LogP contribution in [0, 0.1) is 12.8 Å². The summed E-state index contributed by atoms with van der Waals surface area (Å²) in [6, 6.07) is 4.89. The quantitative estimate of drug-likeness (QED) is 0.877. The summed E-state index contributed by atoms with van der Waals surface area (Å²) >= 11 is 1.47. The summed E-state index contributed by atoms with van der Waals surface area (Å²) in [5, 5.41) is 9.81. The van der Waals surface area contributed by atoms with E-state index in [0.717, 1.165) is 15.2 Å². The van der Waals surface area contributed by atoms with E-state index in [2.05, 4.69) is 9.71 Å². The second-order valence-corrected chi connectivity index (χ2v) is 7.50. The molecular formula is C12H16N2O3S2. The van der Waals surface area contributed by atoms with Gasteiger partial charge < -0.3 is 5.11 Å². The molecule has 0 saturated heterocycles. The number of hydrogen-bond donors (Lipinski definition) is 2. The Morgan fingerprint density at radius 3 is 2.89 bits per heavy atom. The van der Waals surface area contributed by atoms with Crippen LogP contribution < -0.4 is 4.72 Å². The number of aryl methyl sites for hydroxylation is 1. The molecule has 104 valence electrons. The summed E-state index contributed by atoms with van der Waals surface area (Å²) < 4.78 is 27.5. The molecule has 0 fully saturated rings. The van der Waals surface area contributed by atoms with Crippen molar-refractivity contribution in [2.45, 2.75) is 18.7 Å². The van der Waals surface area contributed by atoms with Crippen molar-refractivity contribution in [3.05, 3.63) is 23.2 Å². The van der Waals surface area contributed by atoms with Gasteiger partial charge in [0.1, 0.15) is 0 Å². The summed E-state index contributed by atoms with van der Waals surface area (Å²) in [5.74, 6) is -0.107. The fourth-order valence-corrected chi connectivity index (χ4v) is 3.72. The zero-order valence-electron chi connectivity index (χ0n) is 10.8. The lowest BCUT2D eigenvalue weighted by Crippen LogP contribution is -2.29. The molecule has 0 amide bonds. The van der Waals surface area contributed by atoms with Crippen LogP contribution in [0.4, 0.5) is 0 Å². The SMILES string of the molecule is Cc1nc2ccc(S(=O)(=O)NC[C@H](C)CO)cc2s1. The fourth-order valence-electron chi connectivity index (χ4n) is 1.59. The number of hydrogen-bond acceptors (Lipinski definition) is 5. The normalized spacial score (nSPS) is 13.8. The van der Waals surface area contributed by atoms with Crippen LogP contribution in [0.3, 0.4) is 0 Å². The Hall–Kier alpha value is -1.02. The number of aromatic nitrogens is 1. The summed E-state index contributed by atoms with van der Waals surface area (Å²) in [6.45, 7) is 3.84. The summed E-state index contributed by atoms with van der Waals surface area (Å²) in [4.78, 5) is 4.52. The Balaban J connectivity index is 2.27. The van der Waals surface area contributed by atoms with E-state index < -0.39 is 10.0 Å². The molecule has 0 saturated carbocycles. The van der Waals surface area contributed by atoms with Crippen LogP contribution in [-0.4, -0.2) is 31.7 Å². The van der Waals surface area contributed by atoms with E-state index >= 15 is 0 Å². The van der Waals surface area contributed by atoms with Gasteiger partial charge in [-0.2, -0.15) is 0 Å². The van der Waals surface area contributed by atoms with Gasteiger partial charge in [0.25, 0.3) is 0 Å². The Morgan fingerprint density at radius 1 is 1.47 bits per heavy atom. The summed E-state index contributed by atoms with van der Waals surface area (Å²) in [6.07, 6.45) is 0. The Labute approximate surface area is 116 Å². The van der Waals surface area contributed by atoms with Gasteiger partial charge in [-0.25, -0.2) is 18.1 Å². The molecule has 1 aromatic heterocycles. The van der Waals surface area contributed by atoms with E-state index in [4.69, 9.17) is 5.11 Å². The molecule has 19 heavy (non-hydrogen) atoms. The highest BCUT2D eigenvalue weighted by Crippen LogP contribution is 2.24. The van der Waals surface area contributed by atoms with Gasteiger partial charge in [-0.15, -0.1) is 11.3 Å². The molecule has 0 aliphatic carbocycles. The number of nitrogens with one attached hydrogen (secondary N) is 1. The third kappa shape index (κ3) is 3.30. The van der Waals surface area contributed by atoms with Crippen LogP contribution in [0.25, 0.3) is 10.2 Å². The smallest absolute Gasteiger partial charge is 0.240 e. The lowest BCUT2D eigenvalue weighted by molar-refractivity contribution is 0.238. The third-order valence-corrected chi connectivity index (χ3v) is 5.07. The van der Waals surface area contributed by atoms with E-state index in [-0.39, 0.29) is 24.0 Å². The average molecular weight is 300 g/mol. The van der Waals surface area contributed by atoms with E-state index in [9.17, 15) is 8.42 Å². The lowest BCUT2D eigenvalue weighted by atomic mass is 10.2. The molecule has 1 aromatic carbocycles. The van der Waals surface area contributed by atoms with Gasteiger partial charge in [0.15, 0.2) is 0 Å². The van der Waals surface area contributed by atoms with Gasteiger partial charge in [-0.3, -0.25) is 0 Å². The molecule has 0 radical (unpaired) electrons. The molecule has 2 N–H and O–H groups in total. The molecule has 0 spiro atoms. The summed E-state index contributed by atoms with van der Waals surface area (Å²) in [7, 11) is -3.53. The van der Waals surface area contributed by atoms with Crippen molar-refractivity contribution in [1.29, 1.82) is 0 Å². The Morgan fingerprint density at radius 2 is 2.21 bits per heavy atom. The predicted octanol–water partition coefficient (Wildman–Crippen LogP) is 1.51. The molecule has 7 heteroatoms.